The predicted molar refractivity (Wildman–Crippen MR) is 66.2 cm³/mol. The minimum Gasteiger partial charge on any atom is -0.478 e. The Morgan fingerprint density at radius 3 is 2.29 bits per heavy atom. The summed E-state index contributed by atoms with van der Waals surface area (Å²) < 4.78 is 22.6. The first-order valence-corrected chi connectivity index (χ1v) is 7.74. The number of carbonyl (C=O) groups is 1. The van der Waals surface area contributed by atoms with Crippen molar-refractivity contribution in [2.75, 3.05) is 0 Å². The number of halogens is 1. The smallest absolute Gasteiger partial charge is 0.332 e. The lowest BCUT2D eigenvalue weighted by Gasteiger charge is -2.34. The zero-order valence-electron chi connectivity index (χ0n) is 10.2. The van der Waals surface area contributed by atoms with Gasteiger partial charge in [0.1, 0.15) is 0 Å². The van der Waals surface area contributed by atoms with Crippen LogP contribution in [0.5, 0.6) is 0 Å². The van der Waals surface area contributed by atoms with Crippen molar-refractivity contribution in [3.8, 4) is 0 Å². The van der Waals surface area contributed by atoms with E-state index in [0.717, 1.165) is 0 Å². The minimum atomic E-state index is -3.92. The highest BCUT2D eigenvalue weighted by Gasteiger charge is 2.35. The first-order valence-electron chi connectivity index (χ1n) is 5.43. The monoisotopic (exact) mass is 280 g/mol. The standard InChI is InChI=1S/C11H17ClO4S/c1-11(2,3)7-4-5-9(17(12,15)16)8(6-7)10(13)14/h7H,4-6H2,1-3H3,(H,13,14). The second-order valence-corrected chi connectivity index (χ2v) is 8.04. The summed E-state index contributed by atoms with van der Waals surface area (Å²) in [6.07, 6.45) is 1.14. The number of allylic oxidation sites excluding steroid dienone is 1. The highest BCUT2D eigenvalue weighted by Crippen LogP contribution is 2.42. The van der Waals surface area contributed by atoms with Gasteiger partial charge < -0.3 is 5.11 Å². The van der Waals surface area contributed by atoms with Crippen molar-refractivity contribution < 1.29 is 18.3 Å². The quantitative estimate of drug-likeness (QED) is 0.790. The van der Waals surface area contributed by atoms with Crippen LogP contribution in [0.15, 0.2) is 10.5 Å². The van der Waals surface area contributed by atoms with Gasteiger partial charge in [-0.05, 0) is 30.6 Å². The lowest BCUT2D eigenvalue weighted by molar-refractivity contribution is -0.133. The minimum absolute atomic E-state index is 0.0394. The molecular formula is C11H17ClO4S. The Labute approximate surface area is 106 Å². The second kappa shape index (κ2) is 4.61. The Morgan fingerprint density at radius 1 is 1.41 bits per heavy atom. The molecule has 6 heteroatoms. The molecule has 0 aliphatic heterocycles. The largest absolute Gasteiger partial charge is 0.478 e. The van der Waals surface area contributed by atoms with Crippen LogP contribution >= 0.6 is 10.7 Å². The fraction of sp³-hybridized carbons (Fsp3) is 0.727. The molecule has 0 fully saturated rings. The van der Waals surface area contributed by atoms with Crippen molar-refractivity contribution in [2.45, 2.75) is 40.0 Å². The van der Waals surface area contributed by atoms with E-state index in [4.69, 9.17) is 15.8 Å². The fourth-order valence-corrected chi connectivity index (χ4v) is 3.47. The summed E-state index contributed by atoms with van der Waals surface area (Å²) in [6.45, 7) is 6.08. The maximum absolute atomic E-state index is 11.3. The third-order valence-electron chi connectivity index (χ3n) is 3.28. The van der Waals surface area contributed by atoms with Crippen molar-refractivity contribution in [3.63, 3.8) is 0 Å². The van der Waals surface area contributed by atoms with Gasteiger partial charge in [0.2, 0.25) is 0 Å². The third-order valence-corrected chi connectivity index (χ3v) is 4.88. The van der Waals surface area contributed by atoms with Crippen LogP contribution in [-0.2, 0) is 13.8 Å². The van der Waals surface area contributed by atoms with Crippen LogP contribution < -0.4 is 0 Å². The van der Waals surface area contributed by atoms with E-state index in [1.165, 1.54) is 0 Å². The van der Waals surface area contributed by atoms with E-state index in [1.54, 1.807) is 0 Å². The van der Waals surface area contributed by atoms with Gasteiger partial charge in [-0.25, -0.2) is 13.2 Å². The maximum atomic E-state index is 11.3. The number of aliphatic carboxylic acids is 1. The molecule has 1 N–H and O–H groups in total. The summed E-state index contributed by atoms with van der Waals surface area (Å²) in [5, 5.41) is 9.07. The van der Waals surface area contributed by atoms with Crippen LogP contribution in [0.3, 0.4) is 0 Å². The number of hydrogen-bond donors (Lipinski definition) is 1. The first kappa shape index (κ1) is 14.5. The van der Waals surface area contributed by atoms with Gasteiger partial charge in [0.05, 0.1) is 10.5 Å². The summed E-state index contributed by atoms with van der Waals surface area (Å²) in [5.41, 5.74) is -0.0892. The average molecular weight is 281 g/mol. The van der Waals surface area contributed by atoms with Gasteiger partial charge in [0.15, 0.2) is 0 Å². The van der Waals surface area contributed by atoms with Crippen LogP contribution in [0.4, 0.5) is 0 Å². The molecule has 0 spiro atoms. The molecule has 0 aromatic carbocycles. The summed E-state index contributed by atoms with van der Waals surface area (Å²) in [4.78, 5) is 11.0. The Morgan fingerprint density at radius 2 is 1.94 bits per heavy atom. The highest BCUT2D eigenvalue weighted by molar-refractivity contribution is 8.16. The SMILES string of the molecule is CC(C)(C)C1CCC(S(=O)(=O)Cl)=C(C(=O)O)C1. The normalized spacial score (nSPS) is 22.7. The van der Waals surface area contributed by atoms with Gasteiger partial charge in [0.25, 0.3) is 9.05 Å². The van der Waals surface area contributed by atoms with Crippen LogP contribution in [0.25, 0.3) is 0 Å². The number of carboxylic acid groups (broad SMARTS) is 1. The molecule has 1 aliphatic carbocycles. The molecule has 0 amide bonds. The molecule has 1 unspecified atom stereocenters. The van der Waals surface area contributed by atoms with Crippen molar-refractivity contribution in [1.29, 1.82) is 0 Å². The van der Waals surface area contributed by atoms with E-state index in [2.05, 4.69) is 0 Å². The molecule has 0 radical (unpaired) electrons. The molecule has 0 aromatic heterocycles. The van der Waals surface area contributed by atoms with Crippen LogP contribution in [0, 0.1) is 11.3 Å². The third kappa shape index (κ3) is 3.45. The molecule has 1 aliphatic rings. The van der Waals surface area contributed by atoms with E-state index < -0.39 is 15.0 Å². The Kier molecular flexibility index (Phi) is 3.94. The summed E-state index contributed by atoms with van der Waals surface area (Å²) >= 11 is 0. The highest BCUT2D eigenvalue weighted by atomic mass is 35.7. The van der Waals surface area contributed by atoms with Gasteiger partial charge in [-0.2, -0.15) is 0 Å². The molecule has 98 valence electrons. The molecule has 17 heavy (non-hydrogen) atoms. The lowest BCUT2D eigenvalue weighted by atomic mass is 9.72. The van der Waals surface area contributed by atoms with E-state index in [0.29, 0.717) is 6.42 Å². The van der Waals surface area contributed by atoms with E-state index in [9.17, 15) is 13.2 Å². The average Bonchev–Trinajstić information content (AvgIpc) is 2.14. The van der Waals surface area contributed by atoms with Crippen LogP contribution in [0.1, 0.15) is 40.0 Å². The molecular weight excluding hydrogens is 264 g/mol. The zero-order valence-corrected chi connectivity index (χ0v) is 11.7. The molecule has 0 saturated heterocycles. The van der Waals surface area contributed by atoms with Crippen molar-refractivity contribution in [3.05, 3.63) is 10.5 Å². The van der Waals surface area contributed by atoms with Gasteiger partial charge in [-0.1, -0.05) is 20.8 Å². The van der Waals surface area contributed by atoms with Gasteiger partial charge in [-0.15, -0.1) is 0 Å². The Balaban J connectivity index is 3.17. The van der Waals surface area contributed by atoms with Gasteiger partial charge in [0, 0.05) is 10.7 Å². The second-order valence-electron chi connectivity index (χ2n) is 5.45. The molecule has 0 heterocycles. The molecule has 1 rings (SSSR count). The maximum Gasteiger partial charge on any atom is 0.332 e. The fourth-order valence-electron chi connectivity index (χ4n) is 2.13. The van der Waals surface area contributed by atoms with Crippen molar-refractivity contribution >= 4 is 25.7 Å². The first-order chi connectivity index (χ1) is 7.53. The summed E-state index contributed by atoms with van der Waals surface area (Å²) in [6, 6.07) is 0. The Bertz CT molecular complexity index is 456. The van der Waals surface area contributed by atoms with E-state index >= 15 is 0 Å². The molecule has 4 nitrogen and oxygen atoms in total. The van der Waals surface area contributed by atoms with Gasteiger partial charge >= 0.3 is 5.97 Å². The number of hydrogen-bond acceptors (Lipinski definition) is 3. The number of carboxylic acids is 1. The topological polar surface area (TPSA) is 71.4 Å². The summed E-state index contributed by atoms with van der Waals surface area (Å²) in [5.74, 6) is -1.02. The molecule has 0 aromatic rings. The van der Waals surface area contributed by atoms with Crippen LogP contribution in [-0.4, -0.2) is 19.5 Å². The van der Waals surface area contributed by atoms with Crippen LogP contribution in [0.2, 0.25) is 0 Å². The Hall–Kier alpha value is -0.550. The molecule has 0 bridgehead atoms. The van der Waals surface area contributed by atoms with E-state index in [-0.39, 0.29) is 34.7 Å². The zero-order chi connectivity index (χ0) is 13.4. The van der Waals surface area contributed by atoms with Gasteiger partial charge in [-0.3, -0.25) is 0 Å². The molecule has 1 atom stereocenters. The summed E-state index contributed by atoms with van der Waals surface area (Å²) in [7, 11) is 1.35. The van der Waals surface area contributed by atoms with E-state index in [1.807, 2.05) is 20.8 Å². The number of rotatable bonds is 2. The van der Waals surface area contributed by atoms with Crippen molar-refractivity contribution in [2.24, 2.45) is 11.3 Å². The predicted octanol–water partition coefficient (Wildman–Crippen LogP) is 2.74. The van der Waals surface area contributed by atoms with Crippen molar-refractivity contribution in [1.82, 2.24) is 0 Å². The molecule has 0 saturated carbocycles. The lowest BCUT2D eigenvalue weighted by Crippen LogP contribution is -2.27.